The van der Waals surface area contributed by atoms with Gasteiger partial charge in [0, 0.05) is 32.6 Å². The van der Waals surface area contributed by atoms with Crippen molar-refractivity contribution in [2.24, 2.45) is 0 Å². The molecule has 0 spiro atoms. The molecule has 3 nitrogen and oxygen atoms in total. The van der Waals surface area contributed by atoms with Gasteiger partial charge in [0.25, 0.3) is 0 Å². The van der Waals surface area contributed by atoms with Gasteiger partial charge in [-0.1, -0.05) is 39.5 Å². The van der Waals surface area contributed by atoms with Crippen molar-refractivity contribution in [2.45, 2.75) is 58.8 Å². The molecule has 0 atom stereocenters. The van der Waals surface area contributed by atoms with Crippen molar-refractivity contribution in [2.75, 3.05) is 32.7 Å². The summed E-state index contributed by atoms with van der Waals surface area (Å²) in [4.78, 5) is 16.5. The maximum Gasteiger partial charge on any atom is 0.222 e. The summed E-state index contributed by atoms with van der Waals surface area (Å²) in [5.74, 6) is 0.376. The number of rotatable bonds is 8. The molecule has 1 amide bonds. The number of carbonyl (C=O) groups is 1. The number of carbonyl (C=O) groups excluding carboxylic acids is 1. The topological polar surface area (TPSA) is 23.6 Å². The average molecular weight is 254 g/mol. The molecule has 0 unspecified atom stereocenters. The van der Waals surface area contributed by atoms with Gasteiger partial charge < -0.3 is 4.90 Å². The van der Waals surface area contributed by atoms with E-state index in [1.54, 1.807) is 0 Å². The van der Waals surface area contributed by atoms with E-state index in [0.29, 0.717) is 5.91 Å². The minimum Gasteiger partial charge on any atom is -0.340 e. The molecule has 0 aromatic carbocycles. The number of amides is 1. The quantitative estimate of drug-likeness (QED) is 0.622. The Morgan fingerprint density at radius 3 is 2.17 bits per heavy atom. The summed E-state index contributed by atoms with van der Waals surface area (Å²) < 4.78 is 0. The molecule has 1 aliphatic heterocycles. The van der Waals surface area contributed by atoms with Crippen molar-refractivity contribution >= 4 is 5.91 Å². The van der Waals surface area contributed by atoms with E-state index in [1.807, 2.05) is 0 Å². The van der Waals surface area contributed by atoms with Crippen LogP contribution in [0.15, 0.2) is 0 Å². The van der Waals surface area contributed by atoms with Crippen LogP contribution in [0.5, 0.6) is 0 Å². The van der Waals surface area contributed by atoms with Crippen LogP contribution in [0, 0.1) is 0 Å². The van der Waals surface area contributed by atoms with Crippen LogP contribution in [0.1, 0.15) is 58.8 Å². The van der Waals surface area contributed by atoms with Gasteiger partial charge in [0.15, 0.2) is 0 Å². The Labute approximate surface area is 113 Å². The number of piperazine rings is 1. The highest BCUT2D eigenvalue weighted by Crippen LogP contribution is 2.08. The minimum absolute atomic E-state index is 0.376. The molecule has 1 heterocycles. The zero-order valence-corrected chi connectivity index (χ0v) is 12.3. The molecule has 0 saturated carbocycles. The monoisotopic (exact) mass is 254 g/mol. The highest BCUT2D eigenvalue weighted by atomic mass is 16.2. The molecular weight excluding hydrogens is 224 g/mol. The van der Waals surface area contributed by atoms with Gasteiger partial charge in [0.2, 0.25) is 5.91 Å². The van der Waals surface area contributed by atoms with E-state index in [2.05, 4.69) is 23.6 Å². The Morgan fingerprint density at radius 1 is 0.889 bits per heavy atom. The summed E-state index contributed by atoms with van der Waals surface area (Å²) in [6.45, 7) is 9.66. The first kappa shape index (κ1) is 15.5. The van der Waals surface area contributed by atoms with E-state index < -0.39 is 0 Å². The maximum absolute atomic E-state index is 12.0. The Balaban J connectivity index is 2.11. The molecule has 0 aliphatic carbocycles. The number of unbranched alkanes of at least 4 members (excludes halogenated alkanes) is 4. The van der Waals surface area contributed by atoms with Crippen LogP contribution < -0.4 is 0 Å². The molecular formula is C15H30N2O. The highest BCUT2D eigenvalue weighted by molar-refractivity contribution is 5.76. The molecule has 0 aromatic heterocycles. The van der Waals surface area contributed by atoms with Crippen LogP contribution in [0.4, 0.5) is 0 Å². The van der Waals surface area contributed by atoms with Gasteiger partial charge in [-0.15, -0.1) is 0 Å². The summed E-state index contributed by atoms with van der Waals surface area (Å²) in [6.07, 6.45) is 8.08. The fourth-order valence-corrected chi connectivity index (χ4v) is 2.46. The van der Waals surface area contributed by atoms with Gasteiger partial charge in [-0.05, 0) is 19.4 Å². The fourth-order valence-electron chi connectivity index (χ4n) is 2.46. The second-order valence-electron chi connectivity index (χ2n) is 5.39. The third-order valence-corrected chi connectivity index (χ3v) is 3.80. The molecule has 0 radical (unpaired) electrons. The number of hydrogen-bond donors (Lipinski definition) is 0. The van der Waals surface area contributed by atoms with Gasteiger partial charge in [-0.3, -0.25) is 9.69 Å². The number of nitrogens with zero attached hydrogens (tertiary/aromatic N) is 2. The van der Waals surface area contributed by atoms with Gasteiger partial charge >= 0.3 is 0 Å². The zero-order chi connectivity index (χ0) is 13.2. The van der Waals surface area contributed by atoms with Crippen LogP contribution in [0.3, 0.4) is 0 Å². The Hall–Kier alpha value is -0.570. The van der Waals surface area contributed by atoms with Crippen molar-refractivity contribution in [3.05, 3.63) is 0 Å². The van der Waals surface area contributed by atoms with E-state index in [4.69, 9.17) is 0 Å². The van der Waals surface area contributed by atoms with E-state index >= 15 is 0 Å². The van der Waals surface area contributed by atoms with E-state index in [9.17, 15) is 4.79 Å². The Bertz CT molecular complexity index is 223. The lowest BCUT2D eigenvalue weighted by Crippen LogP contribution is -2.48. The lowest BCUT2D eigenvalue weighted by Gasteiger charge is -2.34. The summed E-state index contributed by atoms with van der Waals surface area (Å²) in [7, 11) is 0. The van der Waals surface area contributed by atoms with Crippen molar-refractivity contribution in [1.82, 2.24) is 9.80 Å². The van der Waals surface area contributed by atoms with Crippen molar-refractivity contribution in [3.8, 4) is 0 Å². The van der Waals surface area contributed by atoms with Crippen LogP contribution in [-0.4, -0.2) is 48.4 Å². The minimum atomic E-state index is 0.376. The molecule has 1 rings (SSSR count). The summed E-state index contributed by atoms with van der Waals surface area (Å²) in [5, 5.41) is 0. The predicted molar refractivity (Wildman–Crippen MR) is 76.7 cm³/mol. The third-order valence-electron chi connectivity index (χ3n) is 3.80. The van der Waals surface area contributed by atoms with E-state index in [-0.39, 0.29) is 0 Å². The lowest BCUT2D eigenvalue weighted by molar-refractivity contribution is -0.133. The molecule has 3 heteroatoms. The van der Waals surface area contributed by atoms with Gasteiger partial charge in [0.1, 0.15) is 0 Å². The normalized spacial score (nSPS) is 17.1. The SMILES string of the molecule is CCCCCCC(=O)N1CCN(CCCC)CC1. The molecule has 1 saturated heterocycles. The van der Waals surface area contributed by atoms with Crippen molar-refractivity contribution in [1.29, 1.82) is 0 Å². The predicted octanol–water partition coefficient (Wildman–Crippen LogP) is 2.90. The zero-order valence-electron chi connectivity index (χ0n) is 12.3. The van der Waals surface area contributed by atoms with Gasteiger partial charge in [-0.2, -0.15) is 0 Å². The highest BCUT2D eigenvalue weighted by Gasteiger charge is 2.19. The van der Waals surface area contributed by atoms with E-state index in [0.717, 1.165) is 39.0 Å². The standard InChI is InChI=1S/C15H30N2O/c1-3-5-7-8-9-15(18)17-13-11-16(12-14-17)10-6-4-2/h3-14H2,1-2H3. The van der Waals surface area contributed by atoms with Crippen LogP contribution in [0.25, 0.3) is 0 Å². The first-order valence-corrected chi connectivity index (χ1v) is 7.78. The van der Waals surface area contributed by atoms with Crippen molar-refractivity contribution < 1.29 is 4.79 Å². The fraction of sp³-hybridized carbons (Fsp3) is 0.933. The van der Waals surface area contributed by atoms with Crippen molar-refractivity contribution in [3.63, 3.8) is 0 Å². The molecule has 18 heavy (non-hydrogen) atoms. The summed E-state index contributed by atoms with van der Waals surface area (Å²) >= 11 is 0. The van der Waals surface area contributed by atoms with Crippen LogP contribution in [-0.2, 0) is 4.79 Å². The van der Waals surface area contributed by atoms with E-state index in [1.165, 1.54) is 38.6 Å². The molecule has 1 aliphatic rings. The Morgan fingerprint density at radius 2 is 1.56 bits per heavy atom. The maximum atomic E-state index is 12.0. The molecule has 1 fully saturated rings. The third kappa shape index (κ3) is 5.85. The first-order chi connectivity index (χ1) is 8.77. The van der Waals surface area contributed by atoms with Gasteiger partial charge in [-0.25, -0.2) is 0 Å². The van der Waals surface area contributed by atoms with Crippen LogP contribution >= 0.6 is 0 Å². The molecule has 0 aromatic rings. The summed E-state index contributed by atoms with van der Waals surface area (Å²) in [6, 6.07) is 0. The second kappa shape index (κ2) is 9.37. The smallest absolute Gasteiger partial charge is 0.222 e. The Kier molecular flexibility index (Phi) is 8.06. The first-order valence-electron chi connectivity index (χ1n) is 7.78. The largest absolute Gasteiger partial charge is 0.340 e. The molecule has 0 bridgehead atoms. The summed E-state index contributed by atoms with van der Waals surface area (Å²) in [5.41, 5.74) is 0. The van der Waals surface area contributed by atoms with Gasteiger partial charge in [0.05, 0.1) is 0 Å². The van der Waals surface area contributed by atoms with Crippen LogP contribution in [0.2, 0.25) is 0 Å². The molecule has 106 valence electrons. The average Bonchev–Trinajstić information content (AvgIpc) is 2.41. The lowest BCUT2D eigenvalue weighted by atomic mass is 10.1. The second-order valence-corrected chi connectivity index (χ2v) is 5.39. The number of hydrogen-bond acceptors (Lipinski definition) is 2. The molecule has 0 N–H and O–H groups in total.